The summed E-state index contributed by atoms with van der Waals surface area (Å²) in [6.07, 6.45) is 12.8. The largest absolute Gasteiger partial charge is 0.327 e. The second kappa shape index (κ2) is 6.22. The summed E-state index contributed by atoms with van der Waals surface area (Å²) in [4.78, 5) is 16.3. The summed E-state index contributed by atoms with van der Waals surface area (Å²) in [5, 5.41) is 2.91. The van der Waals surface area contributed by atoms with Gasteiger partial charge in [0.2, 0.25) is 0 Å². The highest BCUT2D eigenvalue weighted by Gasteiger charge is 2.27. The van der Waals surface area contributed by atoms with Gasteiger partial charge in [-0.3, -0.25) is 9.78 Å². The first-order chi connectivity index (χ1) is 10.2. The van der Waals surface area contributed by atoms with E-state index in [1.54, 1.807) is 24.5 Å². The van der Waals surface area contributed by atoms with Gasteiger partial charge in [0, 0.05) is 29.7 Å². The second-order valence-electron chi connectivity index (χ2n) is 5.82. The Kier molecular flexibility index (Phi) is 4.15. The lowest BCUT2D eigenvalue weighted by Crippen LogP contribution is -2.31. The molecule has 110 valence electrons. The Morgan fingerprint density at radius 3 is 2.90 bits per heavy atom. The van der Waals surface area contributed by atoms with Crippen LogP contribution in [0.25, 0.3) is 0 Å². The molecule has 0 aliphatic heterocycles. The van der Waals surface area contributed by atoms with Gasteiger partial charge in [-0.25, -0.2) is 0 Å². The number of nitrogens with zero attached hydrogens (tertiary/aromatic N) is 1. The van der Waals surface area contributed by atoms with E-state index in [1.807, 2.05) is 6.08 Å². The summed E-state index contributed by atoms with van der Waals surface area (Å²) in [5.74, 6) is 0.370. The average Bonchev–Trinajstić information content (AvgIpc) is 2.70. The summed E-state index contributed by atoms with van der Waals surface area (Å²) in [7, 11) is 0. The molecular weight excluding hydrogens is 262 g/mol. The van der Waals surface area contributed by atoms with Crippen molar-refractivity contribution in [1.82, 2.24) is 4.98 Å². The van der Waals surface area contributed by atoms with Gasteiger partial charge in [0.15, 0.2) is 0 Å². The molecule has 0 bridgehead atoms. The highest BCUT2D eigenvalue weighted by atomic mass is 16.1. The molecule has 2 unspecified atom stereocenters. The Morgan fingerprint density at radius 2 is 2.10 bits per heavy atom. The van der Waals surface area contributed by atoms with Gasteiger partial charge in [0.25, 0.3) is 5.91 Å². The van der Waals surface area contributed by atoms with Crippen LogP contribution in [0, 0.1) is 5.92 Å². The quantitative estimate of drug-likeness (QED) is 0.877. The van der Waals surface area contributed by atoms with Crippen LogP contribution in [0.3, 0.4) is 0 Å². The van der Waals surface area contributed by atoms with Crippen LogP contribution in [-0.4, -0.2) is 16.9 Å². The van der Waals surface area contributed by atoms with Gasteiger partial charge in [-0.05, 0) is 43.7 Å². The highest BCUT2D eigenvalue weighted by molar-refractivity contribution is 6.06. The standard InChI is InChI=1S/C17H21N3O/c18-16-4-2-1-3-12-11-13(5-6-15(12)16)17(21)20-14-7-9-19-10-8-14/h5,7-11,15-16H,1-4,6,18H2,(H,19,20,21). The number of hydrogen-bond acceptors (Lipinski definition) is 3. The molecule has 2 aliphatic carbocycles. The van der Waals surface area contributed by atoms with Crippen LogP contribution in [0.4, 0.5) is 5.69 Å². The first-order valence-electron chi connectivity index (χ1n) is 7.61. The predicted octanol–water partition coefficient (Wildman–Crippen LogP) is 2.79. The lowest BCUT2D eigenvalue weighted by Gasteiger charge is -2.26. The molecule has 2 aliphatic rings. The number of allylic oxidation sites excluding steroid dienone is 1. The van der Waals surface area contributed by atoms with Crippen molar-refractivity contribution < 1.29 is 4.79 Å². The van der Waals surface area contributed by atoms with E-state index in [-0.39, 0.29) is 11.9 Å². The number of nitrogens with two attached hydrogens (primary N) is 1. The summed E-state index contributed by atoms with van der Waals surface area (Å²) >= 11 is 0. The number of carbonyl (C=O) groups is 1. The Bertz CT molecular complexity index is 577. The van der Waals surface area contributed by atoms with Gasteiger partial charge in [0.1, 0.15) is 0 Å². The number of amides is 1. The van der Waals surface area contributed by atoms with E-state index in [0.717, 1.165) is 30.5 Å². The number of anilines is 1. The molecule has 3 rings (SSSR count). The van der Waals surface area contributed by atoms with Crippen LogP contribution < -0.4 is 11.1 Å². The lowest BCUT2D eigenvalue weighted by atomic mass is 9.82. The van der Waals surface area contributed by atoms with E-state index < -0.39 is 0 Å². The maximum atomic E-state index is 12.3. The van der Waals surface area contributed by atoms with E-state index in [1.165, 1.54) is 18.4 Å². The summed E-state index contributed by atoms with van der Waals surface area (Å²) in [6, 6.07) is 3.82. The highest BCUT2D eigenvalue weighted by Crippen LogP contribution is 2.34. The molecule has 0 aromatic carbocycles. The van der Waals surface area contributed by atoms with Crippen molar-refractivity contribution in [3.8, 4) is 0 Å². The molecule has 4 nitrogen and oxygen atoms in total. The Balaban J connectivity index is 1.73. The molecule has 1 amide bonds. The summed E-state index contributed by atoms with van der Waals surface area (Å²) in [5.41, 5.74) is 9.14. The fourth-order valence-electron chi connectivity index (χ4n) is 3.19. The van der Waals surface area contributed by atoms with Crippen molar-refractivity contribution >= 4 is 11.6 Å². The Hall–Kier alpha value is -1.94. The minimum atomic E-state index is -0.0510. The number of aromatic nitrogens is 1. The monoisotopic (exact) mass is 283 g/mol. The van der Waals surface area contributed by atoms with Gasteiger partial charge in [0.05, 0.1) is 0 Å². The maximum absolute atomic E-state index is 12.3. The smallest absolute Gasteiger partial charge is 0.255 e. The van der Waals surface area contributed by atoms with Gasteiger partial charge in [-0.1, -0.05) is 24.1 Å². The summed E-state index contributed by atoms with van der Waals surface area (Å²) in [6.45, 7) is 0. The van der Waals surface area contributed by atoms with E-state index in [9.17, 15) is 4.79 Å². The third kappa shape index (κ3) is 3.22. The van der Waals surface area contributed by atoms with E-state index >= 15 is 0 Å². The number of fused-ring (bicyclic) bond motifs is 1. The molecule has 3 N–H and O–H groups in total. The second-order valence-corrected chi connectivity index (χ2v) is 5.82. The third-order valence-electron chi connectivity index (χ3n) is 4.38. The normalized spacial score (nSPS) is 25.2. The minimum absolute atomic E-state index is 0.0510. The van der Waals surface area contributed by atoms with Crippen LogP contribution in [0.15, 0.2) is 47.8 Å². The maximum Gasteiger partial charge on any atom is 0.255 e. The first-order valence-corrected chi connectivity index (χ1v) is 7.61. The van der Waals surface area contributed by atoms with Crippen molar-refractivity contribution in [2.24, 2.45) is 11.7 Å². The molecule has 1 saturated carbocycles. The number of pyridine rings is 1. The zero-order valence-electron chi connectivity index (χ0n) is 12.1. The molecule has 0 spiro atoms. The van der Waals surface area contributed by atoms with Gasteiger partial charge >= 0.3 is 0 Å². The molecular formula is C17H21N3O. The molecule has 4 heteroatoms. The average molecular weight is 283 g/mol. The fourth-order valence-corrected chi connectivity index (χ4v) is 3.19. The molecule has 0 radical (unpaired) electrons. The van der Waals surface area contributed by atoms with Crippen molar-refractivity contribution in [3.63, 3.8) is 0 Å². The molecule has 1 heterocycles. The molecule has 21 heavy (non-hydrogen) atoms. The Morgan fingerprint density at radius 1 is 1.29 bits per heavy atom. The fraction of sp³-hybridized carbons (Fsp3) is 0.412. The molecule has 0 saturated heterocycles. The van der Waals surface area contributed by atoms with Crippen molar-refractivity contribution in [2.75, 3.05) is 5.32 Å². The summed E-state index contributed by atoms with van der Waals surface area (Å²) < 4.78 is 0. The van der Waals surface area contributed by atoms with Crippen molar-refractivity contribution in [2.45, 2.75) is 38.1 Å². The van der Waals surface area contributed by atoms with Gasteiger partial charge in [-0.15, -0.1) is 0 Å². The minimum Gasteiger partial charge on any atom is -0.327 e. The van der Waals surface area contributed by atoms with E-state index in [4.69, 9.17) is 5.73 Å². The Labute approximate surface area is 125 Å². The zero-order valence-corrected chi connectivity index (χ0v) is 12.1. The number of carbonyl (C=O) groups excluding carboxylic acids is 1. The van der Waals surface area contributed by atoms with Crippen LogP contribution >= 0.6 is 0 Å². The topological polar surface area (TPSA) is 68.0 Å². The molecule has 1 aromatic heterocycles. The van der Waals surface area contributed by atoms with Crippen LogP contribution in [-0.2, 0) is 4.79 Å². The van der Waals surface area contributed by atoms with E-state index in [0.29, 0.717) is 5.92 Å². The zero-order chi connectivity index (χ0) is 14.7. The SMILES string of the molecule is NC1CCCCC2=CC(C(=O)Nc3ccncc3)=CCC21. The van der Waals surface area contributed by atoms with Crippen molar-refractivity contribution in [1.29, 1.82) is 0 Å². The first kappa shape index (κ1) is 14.0. The van der Waals surface area contributed by atoms with E-state index in [2.05, 4.69) is 16.4 Å². The van der Waals surface area contributed by atoms with Crippen LogP contribution in [0.2, 0.25) is 0 Å². The number of hydrogen-bond donors (Lipinski definition) is 2. The third-order valence-corrected chi connectivity index (χ3v) is 4.38. The van der Waals surface area contributed by atoms with Crippen molar-refractivity contribution in [3.05, 3.63) is 47.8 Å². The number of nitrogens with one attached hydrogen (secondary N) is 1. The molecule has 1 aromatic rings. The predicted molar refractivity (Wildman–Crippen MR) is 83.6 cm³/mol. The van der Waals surface area contributed by atoms with Crippen LogP contribution in [0.1, 0.15) is 32.1 Å². The number of rotatable bonds is 2. The van der Waals surface area contributed by atoms with Crippen LogP contribution in [0.5, 0.6) is 0 Å². The molecule has 2 atom stereocenters. The lowest BCUT2D eigenvalue weighted by molar-refractivity contribution is -0.112. The van der Waals surface area contributed by atoms with Gasteiger partial charge < -0.3 is 11.1 Å². The van der Waals surface area contributed by atoms with Gasteiger partial charge in [-0.2, -0.15) is 0 Å². The molecule has 1 fully saturated rings.